The number of likely N-dealkylation sites (tertiary alicyclic amines) is 1. The molecule has 2 fully saturated rings. The van der Waals surface area contributed by atoms with Crippen molar-refractivity contribution in [2.75, 3.05) is 32.7 Å². The third-order valence-electron chi connectivity index (χ3n) is 5.54. The maximum Gasteiger partial charge on any atom is 0.490 e. The molecule has 0 radical (unpaired) electrons. The van der Waals surface area contributed by atoms with E-state index in [1.165, 1.54) is 11.3 Å². The van der Waals surface area contributed by atoms with Gasteiger partial charge in [-0.15, -0.1) is 11.3 Å². The van der Waals surface area contributed by atoms with E-state index >= 15 is 0 Å². The number of ether oxygens (including phenoxy) is 1. The van der Waals surface area contributed by atoms with Gasteiger partial charge in [-0.2, -0.15) is 13.2 Å². The van der Waals surface area contributed by atoms with E-state index in [0.29, 0.717) is 6.10 Å². The summed E-state index contributed by atoms with van der Waals surface area (Å²) in [5.74, 6) is -2.64. The second-order valence-corrected chi connectivity index (χ2v) is 9.86. The van der Waals surface area contributed by atoms with Crippen molar-refractivity contribution in [1.82, 2.24) is 14.8 Å². The molecule has 0 aliphatic carbocycles. The standard InChI is InChI=1S/C17H26BrN3O2S.C2HF3O2/c1-4-20(5-2)11-13-10-17(23-13)6-8-21(9-7-17)15(22)14-12(3)19-16(18)24-14;3-2(4,5)1(6)7/h13H,4-11H2,1-3H3;(H,6,7). The monoisotopic (exact) mass is 529 g/mol. The van der Waals surface area contributed by atoms with Gasteiger partial charge < -0.3 is 19.6 Å². The van der Waals surface area contributed by atoms with Gasteiger partial charge in [0.25, 0.3) is 5.91 Å². The Bertz CT molecular complexity index is 770. The number of nitrogens with zero attached hydrogens (tertiary/aromatic N) is 3. The number of carbonyl (C=O) groups is 2. The highest BCUT2D eigenvalue weighted by Gasteiger charge is 2.48. The highest BCUT2D eigenvalue weighted by Crippen LogP contribution is 2.42. The topological polar surface area (TPSA) is 83.0 Å². The van der Waals surface area contributed by atoms with Crippen LogP contribution in [0.1, 0.15) is 48.5 Å². The molecule has 12 heteroatoms. The molecule has 2 saturated heterocycles. The zero-order valence-electron chi connectivity index (χ0n) is 17.7. The minimum absolute atomic E-state index is 0.0257. The zero-order valence-corrected chi connectivity index (χ0v) is 20.1. The van der Waals surface area contributed by atoms with Crippen molar-refractivity contribution in [1.29, 1.82) is 0 Å². The van der Waals surface area contributed by atoms with E-state index in [0.717, 1.165) is 66.5 Å². The van der Waals surface area contributed by atoms with E-state index in [-0.39, 0.29) is 11.5 Å². The van der Waals surface area contributed by atoms with E-state index in [9.17, 15) is 18.0 Å². The van der Waals surface area contributed by atoms with E-state index in [2.05, 4.69) is 39.7 Å². The number of carboxylic acids is 1. The van der Waals surface area contributed by atoms with Crippen LogP contribution in [0.3, 0.4) is 0 Å². The lowest BCUT2D eigenvalue weighted by Gasteiger charge is -2.52. The minimum atomic E-state index is -5.08. The average Bonchev–Trinajstić information content (AvgIpc) is 3.02. The number of amides is 1. The molecule has 3 heterocycles. The average molecular weight is 530 g/mol. The number of halogens is 4. The Morgan fingerprint density at radius 2 is 1.84 bits per heavy atom. The van der Waals surface area contributed by atoms with Crippen LogP contribution < -0.4 is 0 Å². The number of carboxylic acid groups (broad SMARTS) is 1. The van der Waals surface area contributed by atoms with E-state index in [1.54, 1.807) is 0 Å². The lowest BCUT2D eigenvalue weighted by molar-refractivity contribution is -0.227. The lowest BCUT2D eigenvalue weighted by Crippen LogP contribution is -2.59. The smallest absolute Gasteiger partial charge is 0.475 e. The number of piperidine rings is 1. The highest BCUT2D eigenvalue weighted by atomic mass is 79.9. The van der Waals surface area contributed by atoms with Crippen molar-refractivity contribution in [3.8, 4) is 0 Å². The van der Waals surface area contributed by atoms with Crippen LogP contribution in [0.2, 0.25) is 0 Å². The van der Waals surface area contributed by atoms with Gasteiger partial charge in [-0.25, -0.2) is 9.78 Å². The summed E-state index contributed by atoms with van der Waals surface area (Å²) in [6.07, 6.45) is -1.68. The Balaban J connectivity index is 0.000000423. The van der Waals surface area contributed by atoms with Gasteiger partial charge in [0.2, 0.25) is 0 Å². The van der Waals surface area contributed by atoms with Crippen LogP contribution in [0.15, 0.2) is 3.92 Å². The quantitative estimate of drug-likeness (QED) is 0.621. The summed E-state index contributed by atoms with van der Waals surface area (Å²) in [5.41, 5.74) is 0.842. The van der Waals surface area contributed by atoms with Crippen LogP contribution in [-0.4, -0.2) is 82.4 Å². The van der Waals surface area contributed by atoms with Crippen molar-refractivity contribution < 1.29 is 32.6 Å². The van der Waals surface area contributed by atoms with Crippen LogP contribution in [0.4, 0.5) is 13.2 Å². The number of rotatable bonds is 5. The van der Waals surface area contributed by atoms with Gasteiger partial charge in [-0.1, -0.05) is 13.8 Å². The fraction of sp³-hybridized carbons (Fsp3) is 0.737. The molecule has 1 atom stereocenters. The first-order valence-corrected chi connectivity index (χ1v) is 11.6. The van der Waals surface area contributed by atoms with Crippen molar-refractivity contribution in [2.24, 2.45) is 0 Å². The number of aromatic nitrogens is 1. The molecule has 31 heavy (non-hydrogen) atoms. The third-order valence-corrected chi connectivity index (χ3v) is 7.14. The van der Waals surface area contributed by atoms with Gasteiger partial charge in [-0.3, -0.25) is 4.79 Å². The molecular weight excluding hydrogens is 503 g/mol. The molecule has 2 aliphatic heterocycles. The summed E-state index contributed by atoms with van der Waals surface area (Å²) < 4.78 is 38.8. The predicted octanol–water partition coefficient (Wildman–Crippen LogP) is 3.95. The molecule has 0 saturated carbocycles. The second-order valence-electron chi connectivity index (χ2n) is 7.59. The second kappa shape index (κ2) is 10.6. The number of likely N-dealkylation sites (N-methyl/N-ethyl adjacent to an activating group) is 1. The van der Waals surface area contributed by atoms with Crippen molar-refractivity contribution in [3.63, 3.8) is 0 Å². The van der Waals surface area contributed by atoms with Gasteiger partial charge in [-0.05, 0) is 48.8 Å². The molecule has 7 nitrogen and oxygen atoms in total. The number of aryl methyl sites for hydroxylation is 1. The summed E-state index contributed by atoms with van der Waals surface area (Å²) in [4.78, 5) is 31.0. The van der Waals surface area contributed by atoms with Gasteiger partial charge in [0.15, 0.2) is 3.92 Å². The van der Waals surface area contributed by atoms with Crippen LogP contribution in [0, 0.1) is 6.92 Å². The maximum atomic E-state index is 12.7. The van der Waals surface area contributed by atoms with Gasteiger partial charge in [0.05, 0.1) is 17.4 Å². The molecule has 1 amide bonds. The zero-order chi connectivity index (χ0) is 23.4. The fourth-order valence-electron chi connectivity index (χ4n) is 3.78. The van der Waals surface area contributed by atoms with Crippen LogP contribution in [0.25, 0.3) is 0 Å². The van der Waals surface area contributed by atoms with Crippen LogP contribution in [0.5, 0.6) is 0 Å². The summed E-state index contributed by atoms with van der Waals surface area (Å²) in [6, 6.07) is 0. The molecule has 0 bridgehead atoms. The number of hydrogen-bond donors (Lipinski definition) is 1. The fourth-order valence-corrected chi connectivity index (χ4v) is 5.29. The Hall–Kier alpha value is -1.24. The van der Waals surface area contributed by atoms with Crippen molar-refractivity contribution >= 4 is 39.1 Å². The SMILES string of the molecule is CCN(CC)CC1CC2(CCN(C(=O)c3sc(Br)nc3C)CC2)O1.O=C(O)C(F)(F)F. The Morgan fingerprint density at radius 1 is 1.32 bits per heavy atom. The number of carbonyl (C=O) groups excluding carboxylic acids is 1. The number of thiazole rings is 1. The van der Waals surface area contributed by atoms with Gasteiger partial charge in [0.1, 0.15) is 4.88 Å². The molecule has 2 aliphatic rings. The van der Waals surface area contributed by atoms with Crippen LogP contribution >= 0.6 is 27.3 Å². The van der Waals surface area contributed by atoms with E-state index in [4.69, 9.17) is 14.6 Å². The van der Waals surface area contributed by atoms with Gasteiger partial charge >= 0.3 is 12.1 Å². The molecule has 3 rings (SSSR count). The highest BCUT2D eigenvalue weighted by molar-refractivity contribution is 9.11. The molecule has 1 N–H and O–H groups in total. The predicted molar refractivity (Wildman–Crippen MR) is 113 cm³/mol. The van der Waals surface area contributed by atoms with Crippen molar-refractivity contribution in [2.45, 2.75) is 57.9 Å². The molecule has 0 aromatic carbocycles. The number of aliphatic carboxylic acids is 1. The molecular formula is C19H27BrF3N3O4S. The van der Waals surface area contributed by atoms with Gasteiger partial charge in [0, 0.05) is 26.1 Å². The molecule has 176 valence electrons. The Morgan fingerprint density at radius 3 is 2.23 bits per heavy atom. The summed E-state index contributed by atoms with van der Waals surface area (Å²) >= 11 is 4.79. The van der Waals surface area contributed by atoms with E-state index in [1.807, 2.05) is 11.8 Å². The first-order chi connectivity index (χ1) is 14.4. The number of alkyl halides is 3. The summed E-state index contributed by atoms with van der Waals surface area (Å²) in [5, 5.41) is 7.12. The number of hydrogen-bond acceptors (Lipinski definition) is 6. The summed E-state index contributed by atoms with van der Waals surface area (Å²) in [7, 11) is 0. The molecule has 1 aromatic rings. The van der Waals surface area contributed by atoms with Crippen LogP contribution in [-0.2, 0) is 9.53 Å². The molecule has 1 aromatic heterocycles. The first kappa shape index (κ1) is 26.0. The third kappa shape index (κ3) is 6.87. The van der Waals surface area contributed by atoms with E-state index < -0.39 is 12.1 Å². The maximum absolute atomic E-state index is 12.7. The minimum Gasteiger partial charge on any atom is -0.475 e. The largest absolute Gasteiger partial charge is 0.490 e. The van der Waals surface area contributed by atoms with Crippen molar-refractivity contribution in [3.05, 3.63) is 14.5 Å². The Kier molecular flexibility index (Phi) is 8.88. The Labute approximate surface area is 191 Å². The first-order valence-electron chi connectivity index (χ1n) is 10.0. The molecule has 1 spiro atoms. The lowest BCUT2D eigenvalue weighted by atomic mass is 9.80. The summed E-state index contributed by atoms with van der Waals surface area (Å²) in [6.45, 7) is 11.0. The molecule has 1 unspecified atom stereocenters. The normalized spacial score (nSPS) is 20.3.